The highest BCUT2D eigenvalue weighted by Gasteiger charge is 2.30. The molecule has 0 aromatic heterocycles. The first kappa shape index (κ1) is 18.9. The summed E-state index contributed by atoms with van der Waals surface area (Å²) in [5.41, 5.74) is 0.669. The Labute approximate surface area is 144 Å². The van der Waals surface area contributed by atoms with Gasteiger partial charge in [-0.05, 0) is 44.5 Å². The van der Waals surface area contributed by atoms with E-state index in [0.717, 1.165) is 36.6 Å². The van der Waals surface area contributed by atoms with Crippen LogP contribution in [0.4, 0.5) is 0 Å². The van der Waals surface area contributed by atoms with Gasteiger partial charge in [0, 0.05) is 13.6 Å². The highest BCUT2D eigenvalue weighted by Crippen LogP contribution is 2.21. The zero-order chi connectivity index (χ0) is 17.6. The maximum Gasteiger partial charge on any atom is 0.242 e. The fourth-order valence-electron chi connectivity index (χ4n) is 2.97. The highest BCUT2D eigenvalue weighted by atomic mass is 32.2. The Morgan fingerprint density at radius 2 is 1.88 bits per heavy atom. The van der Waals surface area contributed by atoms with Gasteiger partial charge in [0.1, 0.15) is 6.04 Å². The third-order valence-electron chi connectivity index (χ3n) is 4.40. The maximum absolute atomic E-state index is 12.6. The minimum Gasteiger partial charge on any atom is -0.354 e. The van der Waals surface area contributed by atoms with Gasteiger partial charge >= 0.3 is 0 Å². The monoisotopic (exact) mass is 353 g/mol. The Morgan fingerprint density at radius 1 is 1.25 bits per heavy atom. The molecule has 0 aliphatic carbocycles. The lowest BCUT2D eigenvalue weighted by molar-refractivity contribution is -0.124. The van der Waals surface area contributed by atoms with E-state index < -0.39 is 16.1 Å². The second-order valence-electron chi connectivity index (χ2n) is 6.29. The van der Waals surface area contributed by atoms with Gasteiger partial charge in [0.05, 0.1) is 6.26 Å². The first-order chi connectivity index (χ1) is 11.4. The van der Waals surface area contributed by atoms with Crippen LogP contribution >= 0.6 is 0 Å². The zero-order valence-electron chi connectivity index (χ0n) is 14.4. The number of amides is 1. The molecule has 2 rings (SSSR count). The van der Waals surface area contributed by atoms with Gasteiger partial charge in [0.2, 0.25) is 15.9 Å². The van der Waals surface area contributed by atoms with E-state index in [2.05, 4.69) is 10.2 Å². The molecule has 1 aliphatic rings. The van der Waals surface area contributed by atoms with Gasteiger partial charge in [-0.1, -0.05) is 30.3 Å². The number of nitrogens with zero attached hydrogens (tertiary/aromatic N) is 2. The largest absolute Gasteiger partial charge is 0.354 e. The van der Waals surface area contributed by atoms with Gasteiger partial charge in [0.25, 0.3) is 0 Å². The van der Waals surface area contributed by atoms with Crippen molar-refractivity contribution in [1.29, 1.82) is 0 Å². The number of rotatable bonds is 8. The summed E-state index contributed by atoms with van der Waals surface area (Å²) in [6.07, 6.45) is 4.49. The number of likely N-dealkylation sites (N-methyl/N-ethyl adjacent to an activating group) is 1. The first-order valence-electron chi connectivity index (χ1n) is 8.37. The van der Waals surface area contributed by atoms with E-state index >= 15 is 0 Å². The van der Waals surface area contributed by atoms with Gasteiger partial charge in [-0.2, -0.15) is 4.31 Å². The number of carbonyl (C=O) groups excluding carboxylic acids is 1. The molecule has 1 unspecified atom stereocenters. The van der Waals surface area contributed by atoms with Crippen LogP contribution in [0.25, 0.3) is 0 Å². The molecule has 1 heterocycles. The Hall–Kier alpha value is -1.44. The second-order valence-corrected chi connectivity index (χ2v) is 8.33. The quantitative estimate of drug-likeness (QED) is 0.714. The van der Waals surface area contributed by atoms with Crippen molar-refractivity contribution in [2.75, 3.05) is 39.5 Å². The Bertz CT molecular complexity index is 628. The van der Waals surface area contributed by atoms with Crippen molar-refractivity contribution >= 4 is 15.9 Å². The summed E-state index contributed by atoms with van der Waals surface area (Å²) in [4.78, 5) is 15.0. The van der Waals surface area contributed by atoms with Crippen LogP contribution in [0, 0.1) is 0 Å². The fourth-order valence-corrected chi connectivity index (χ4v) is 3.57. The average Bonchev–Trinajstić information content (AvgIpc) is 3.05. The predicted octanol–water partition coefficient (Wildman–Crippen LogP) is 1.22. The summed E-state index contributed by atoms with van der Waals surface area (Å²) in [6, 6.07) is 8.16. The average molecular weight is 353 g/mol. The maximum atomic E-state index is 12.6. The Morgan fingerprint density at radius 3 is 2.46 bits per heavy atom. The number of sulfonamides is 1. The number of benzene rings is 1. The molecule has 7 heteroatoms. The summed E-state index contributed by atoms with van der Waals surface area (Å²) in [5.74, 6) is -0.282. The van der Waals surface area contributed by atoms with Gasteiger partial charge in [0.15, 0.2) is 0 Å². The summed E-state index contributed by atoms with van der Waals surface area (Å²) >= 11 is 0. The molecular weight excluding hydrogens is 326 g/mol. The van der Waals surface area contributed by atoms with Crippen molar-refractivity contribution in [2.45, 2.75) is 25.3 Å². The van der Waals surface area contributed by atoms with E-state index in [1.807, 2.05) is 6.07 Å². The molecule has 1 amide bonds. The van der Waals surface area contributed by atoms with Crippen molar-refractivity contribution in [3.8, 4) is 0 Å². The first-order valence-corrected chi connectivity index (χ1v) is 10.2. The van der Waals surface area contributed by atoms with Crippen molar-refractivity contribution in [3.63, 3.8) is 0 Å². The van der Waals surface area contributed by atoms with Crippen LogP contribution in [0.3, 0.4) is 0 Å². The van der Waals surface area contributed by atoms with Crippen LogP contribution in [0.5, 0.6) is 0 Å². The normalized spacial score (nSPS) is 17.1. The van der Waals surface area contributed by atoms with Crippen LogP contribution < -0.4 is 5.32 Å². The Balaban J connectivity index is 1.96. The molecule has 134 valence electrons. The smallest absolute Gasteiger partial charge is 0.242 e. The molecule has 1 fully saturated rings. The molecule has 24 heavy (non-hydrogen) atoms. The van der Waals surface area contributed by atoms with Gasteiger partial charge in [-0.15, -0.1) is 0 Å². The molecule has 6 nitrogen and oxygen atoms in total. The zero-order valence-corrected chi connectivity index (χ0v) is 15.3. The standard InChI is InChI=1S/C17H27N3O3S/c1-19(24(2,22)23)16(15-9-4-3-5-10-15)17(21)18-11-8-14-20-12-6-7-13-20/h3-5,9-10,16H,6-8,11-14H2,1-2H3,(H,18,21). The van der Waals surface area contributed by atoms with E-state index in [-0.39, 0.29) is 5.91 Å². The molecule has 1 saturated heterocycles. The number of carbonyl (C=O) groups is 1. The fraction of sp³-hybridized carbons (Fsp3) is 0.588. The van der Waals surface area contributed by atoms with Crippen LogP contribution in [0.15, 0.2) is 30.3 Å². The third-order valence-corrected chi connectivity index (χ3v) is 5.66. The van der Waals surface area contributed by atoms with Gasteiger partial charge in [-0.3, -0.25) is 4.79 Å². The molecular formula is C17H27N3O3S. The lowest BCUT2D eigenvalue weighted by atomic mass is 10.1. The lowest BCUT2D eigenvalue weighted by Crippen LogP contribution is -2.41. The molecule has 0 radical (unpaired) electrons. The highest BCUT2D eigenvalue weighted by molar-refractivity contribution is 7.88. The summed E-state index contributed by atoms with van der Waals surface area (Å²) < 4.78 is 24.9. The molecule has 1 atom stereocenters. The number of hydrogen-bond acceptors (Lipinski definition) is 4. The van der Waals surface area contributed by atoms with Crippen molar-refractivity contribution in [2.24, 2.45) is 0 Å². The van der Waals surface area contributed by atoms with E-state index in [1.165, 1.54) is 19.9 Å². The second kappa shape index (κ2) is 8.60. The minimum absolute atomic E-state index is 0.282. The molecule has 0 spiro atoms. The van der Waals surface area contributed by atoms with Crippen molar-refractivity contribution < 1.29 is 13.2 Å². The van der Waals surface area contributed by atoms with E-state index in [9.17, 15) is 13.2 Å². The SMILES string of the molecule is CN(C(C(=O)NCCCN1CCCC1)c1ccccc1)S(C)(=O)=O. The van der Waals surface area contributed by atoms with E-state index in [0.29, 0.717) is 12.1 Å². The van der Waals surface area contributed by atoms with Crippen LogP contribution in [0.2, 0.25) is 0 Å². The molecule has 0 bridgehead atoms. The summed E-state index contributed by atoms with van der Waals surface area (Å²) in [5, 5.41) is 2.89. The minimum atomic E-state index is -3.47. The van der Waals surface area contributed by atoms with Crippen molar-refractivity contribution in [3.05, 3.63) is 35.9 Å². The van der Waals surface area contributed by atoms with Gasteiger partial charge < -0.3 is 10.2 Å². The Kier molecular flexibility index (Phi) is 6.77. The van der Waals surface area contributed by atoms with Gasteiger partial charge in [-0.25, -0.2) is 8.42 Å². The van der Waals surface area contributed by atoms with E-state index in [1.54, 1.807) is 24.3 Å². The number of nitrogens with one attached hydrogen (secondary N) is 1. The topological polar surface area (TPSA) is 69.7 Å². The number of hydrogen-bond donors (Lipinski definition) is 1. The lowest BCUT2D eigenvalue weighted by Gasteiger charge is -2.25. The predicted molar refractivity (Wildman–Crippen MR) is 95.1 cm³/mol. The molecule has 0 saturated carbocycles. The van der Waals surface area contributed by atoms with Crippen LogP contribution in [-0.2, 0) is 14.8 Å². The molecule has 1 aromatic rings. The van der Waals surface area contributed by atoms with Crippen molar-refractivity contribution in [1.82, 2.24) is 14.5 Å². The molecule has 1 aliphatic heterocycles. The third kappa shape index (κ3) is 5.29. The molecule has 1 N–H and O–H groups in total. The summed E-state index contributed by atoms with van der Waals surface area (Å²) in [6.45, 7) is 3.79. The summed E-state index contributed by atoms with van der Waals surface area (Å²) in [7, 11) is -2.03. The number of likely N-dealkylation sites (tertiary alicyclic amines) is 1. The van der Waals surface area contributed by atoms with Crippen LogP contribution in [-0.4, -0.2) is 63.0 Å². The van der Waals surface area contributed by atoms with E-state index in [4.69, 9.17) is 0 Å². The molecule has 1 aromatic carbocycles. The van der Waals surface area contributed by atoms with Crippen LogP contribution in [0.1, 0.15) is 30.9 Å².